The summed E-state index contributed by atoms with van der Waals surface area (Å²) >= 11 is 0. The average molecular weight is 301 g/mol. The number of urea groups is 1. The molecule has 6 nitrogen and oxygen atoms in total. The third-order valence-corrected chi connectivity index (χ3v) is 2.27. The lowest BCUT2D eigenvalue weighted by Gasteiger charge is -2.13. The highest BCUT2D eigenvalue weighted by Gasteiger charge is 2.12. The molecule has 1 aromatic rings. The van der Waals surface area contributed by atoms with Gasteiger partial charge < -0.3 is 21.7 Å². The summed E-state index contributed by atoms with van der Waals surface area (Å²) in [5.41, 5.74) is 6.21. The minimum Gasteiger partial charge on any atom is -0.351 e. The number of para-hydroxylation sites is 1. The van der Waals surface area contributed by atoms with E-state index < -0.39 is 0 Å². The summed E-state index contributed by atoms with van der Waals surface area (Å²) in [6.45, 7) is 4.49. The molecule has 0 atom stereocenters. The highest BCUT2D eigenvalue weighted by atomic mass is 35.5. The van der Waals surface area contributed by atoms with Crippen molar-refractivity contribution in [1.29, 1.82) is 0 Å². The van der Waals surface area contributed by atoms with Crippen LogP contribution in [0.15, 0.2) is 24.3 Å². The monoisotopic (exact) mass is 300 g/mol. The summed E-state index contributed by atoms with van der Waals surface area (Å²) in [6, 6.07) is 6.51. The van der Waals surface area contributed by atoms with Gasteiger partial charge in [-0.15, -0.1) is 12.4 Å². The molecule has 0 fully saturated rings. The van der Waals surface area contributed by atoms with Crippen molar-refractivity contribution in [1.82, 2.24) is 10.6 Å². The van der Waals surface area contributed by atoms with Gasteiger partial charge in [0, 0.05) is 19.1 Å². The summed E-state index contributed by atoms with van der Waals surface area (Å²) in [4.78, 5) is 23.5. The standard InChI is InChI=1S/C13H20N4O2.ClH/c1-9(2)16-13(19)17-11-6-4-3-5-10(11)12(18)15-8-7-14;/h3-6,9H,7-8,14H2,1-2H3,(H,15,18)(H2,16,17,19);1H. The lowest BCUT2D eigenvalue weighted by atomic mass is 10.1. The Labute approximate surface area is 124 Å². The van der Waals surface area contributed by atoms with Gasteiger partial charge in [-0.25, -0.2) is 4.79 Å². The van der Waals surface area contributed by atoms with Crippen LogP contribution in [0.4, 0.5) is 10.5 Å². The zero-order valence-corrected chi connectivity index (χ0v) is 12.4. The number of amides is 3. The molecule has 0 unspecified atom stereocenters. The fourth-order valence-electron chi connectivity index (χ4n) is 1.49. The Morgan fingerprint density at radius 2 is 1.90 bits per heavy atom. The molecule has 0 aliphatic carbocycles. The predicted octanol–water partition coefficient (Wildman–Crippen LogP) is 1.33. The van der Waals surface area contributed by atoms with Crippen LogP contribution in [0.25, 0.3) is 0 Å². The van der Waals surface area contributed by atoms with Gasteiger partial charge in [-0.2, -0.15) is 0 Å². The predicted molar refractivity (Wildman–Crippen MR) is 82.4 cm³/mol. The second-order valence-corrected chi connectivity index (χ2v) is 4.34. The number of hydrogen-bond acceptors (Lipinski definition) is 3. The van der Waals surface area contributed by atoms with Gasteiger partial charge in [0.15, 0.2) is 0 Å². The lowest BCUT2D eigenvalue weighted by Crippen LogP contribution is -2.35. The molecule has 112 valence electrons. The van der Waals surface area contributed by atoms with Crippen LogP contribution in [0.2, 0.25) is 0 Å². The lowest BCUT2D eigenvalue weighted by molar-refractivity contribution is 0.0955. The number of nitrogens with two attached hydrogens (primary N) is 1. The first kappa shape index (κ1) is 18.2. The van der Waals surface area contributed by atoms with Crippen molar-refractivity contribution in [3.8, 4) is 0 Å². The van der Waals surface area contributed by atoms with E-state index in [4.69, 9.17) is 5.73 Å². The van der Waals surface area contributed by atoms with Crippen LogP contribution in [-0.2, 0) is 0 Å². The number of benzene rings is 1. The fourth-order valence-corrected chi connectivity index (χ4v) is 1.49. The van der Waals surface area contributed by atoms with E-state index >= 15 is 0 Å². The molecule has 0 aromatic heterocycles. The average Bonchev–Trinajstić information content (AvgIpc) is 2.35. The quantitative estimate of drug-likeness (QED) is 0.660. The number of hydrogen-bond donors (Lipinski definition) is 4. The van der Waals surface area contributed by atoms with Crippen molar-refractivity contribution in [2.75, 3.05) is 18.4 Å². The van der Waals surface area contributed by atoms with E-state index in [-0.39, 0.29) is 30.4 Å². The molecule has 0 spiro atoms. The Hall–Kier alpha value is -1.79. The minimum atomic E-state index is -0.339. The normalized spacial score (nSPS) is 9.60. The van der Waals surface area contributed by atoms with Crippen LogP contribution in [-0.4, -0.2) is 31.1 Å². The molecule has 1 aromatic carbocycles. The first-order valence-electron chi connectivity index (χ1n) is 6.19. The number of rotatable bonds is 5. The Bertz CT molecular complexity index is 452. The van der Waals surface area contributed by atoms with Gasteiger partial charge in [0.25, 0.3) is 5.91 Å². The van der Waals surface area contributed by atoms with E-state index in [0.717, 1.165) is 0 Å². The molecule has 20 heavy (non-hydrogen) atoms. The Morgan fingerprint density at radius 3 is 2.50 bits per heavy atom. The summed E-state index contributed by atoms with van der Waals surface area (Å²) in [5, 5.41) is 8.02. The molecule has 5 N–H and O–H groups in total. The molecule has 0 aliphatic rings. The van der Waals surface area contributed by atoms with E-state index in [1.165, 1.54) is 0 Å². The Kier molecular flexibility index (Phi) is 8.35. The van der Waals surface area contributed by atoms with Gasteiger partial charge >= 0.3 is 6.03 Å². The molecule has 0 saturated carbocycles. The smallest absolute Gasteiger partial charge is 0.319 e. The highest BCUT2D eigenvalue weighted by molar-refractivity contribution is 6.03. The maximum atomic E-state index is 11.9. The van der Waals surface area contributed by atoms with Crippen LogP contribution in [0.3, 0.4) is 0 Å². The third kappa shape index (κ3) is 5.90. The van der Waals surface area contributed by atoms with Gasteiger partial charge in [-0.05, 0) is 26.0 Å². The third-order valence-electron chi connectivity index (χ3n) is 2.27. The van der Waals surface area contributed by atoms with Crippen molar-refractivity contribution in [3.63, 3.8) is 0 Å². The summed E-state index contributed by atoms with van der Waals surface area (Å²) < 4.78 is 0. The van der Waals surface area contributed by atoms with Crippen molar-refractivity contribution in [2.45, 2.75) is 19.9 Å². The molecular weight excluding hydrogens is 280 g/mol. The number of carbonyl (C=O) groups is 2. The van der Waals surface area contributed by atoms with Gasteiger partial charge in [-0.3, -0.25) is 4.79 Å². The molecule has 0 bridgehead atoms. The van der Waals surface area contributed by atoms with Gasteiger partial charge in [-0.1, -0.05) is 12.1 Å². The zero-order chi connectivity index (χ0) is 14.3. The number of anilines is 1. The van der Waals surface area contributed by atoms with Gasteiger partial charge in [0.1, 0.15) is 0 Å². The van der Waals surface area contributed by atoms with Crippen LogP contribution >= 0.6 is 12.4 Å². The van der Waals surface area contributed by atoms with Crippen molar-refractivity contribution in [2.24, 2.45) is 5.73 Å². The van der Waals surface area contributed by atoms with Crippen LogP contribution in [0.1, 0.15) is 24.2 Å². The van der Waals surface area contributed by atoms with Crippen molar-refractivity contribution in [3.05, 3.63) is 29.8 Å². The van der Waals surface area contributed by atoms with Crippen molar-refractivity contribution < 1.29 is 9.59 Å². The second-order valence-electron chi connectivity index (χ2n) is 4.34. The topological polar surface area (TPSA) is 96.2 Å². The van der Waals surface area contributed by atoms with Crippen LogP contribution < -0.4 is 21.7 Å². The number of nitrogens with one attached hydrogen (secondary N) is 3. The van der Waals surface area contributed by atoms with Gasteiger partial charge in [0.05, 0.1) is 11.3 Å². The Morgan fingerprint density at radius 1 is 1.25 bits per heavy atom. The van der Waals surface area contributed by atoms with E-state index in [1.807, 2.05) is 13.8 Å². The maximum Gasteiger partial charge on any atom is 0.319 e. The maximum absolute atomic E-state index is 11.9. The largest absolute Gasteiger partial charge is 0.351 e. The van der Waals surface area contributed by atoms with E-state index in [1.54, 1.807) is 24.3 Å². The zero-order valence-electron chi connectivity index (χ0n) is 11.6. The summed E-state index contributed by atoms with van der Waals surface area (Å²) in [7, 11) is 0. The molecule has 0 radical (unpaired) electrons. The fraction of sp³-hybridized carbons (Fsp3) is 0.385. The van der Waals surface area contributed by atoms with E-state index in [0.29, 0.717) is 24.3 Å². The first-order chi connectivity index (χ1) is 9.04. The van der Waals surface area contributed by atoms with Crippen LogP contribution in [0.5, 0.6) is 0 Å². The minimum absolute atomic E-state index is 0. The number of carbonyl (C=O) groups excluding carboxylic acids is 2. The second kappa shape index (κ2) is 9.17. The summed E-state index contributed by atoms with van der Waals surface area (Å²) in [6.07, 6.45) is 0. The first-order valence-corrected chi connectivity index (χ1v) is 6.19. The molecule has 0 saturated heterocycles. The van der Waals surface area contributed by atoms with Crippen molar-refractivity contribution >= 4 is 30.0 Å². The number of halogens is 1. The van der Waals surface area contributed by atoms with Gasteiger partial charge in [0.2, 0.25) is 0 Å². The van der Waals surface area contributed by atoms with E-state index in [9.17, 15) is 9.59 Å². The highest BCUT2D eigenvalue weighted by Crippen LogP contribution is 2.14. The molecule has 3 amide bonds. The van der Waals surface area contributed by atoms with E-state index in [2.05, 4.69) is 16.0 Å². The SMILES string of the molecule is CC(C)NC(=O)Nc1ccccc1C(=O)NCCN.Cl. The molecule has 1 rings (SSSR count). The molecule has 0 heterocycles. The van der Waals surface area contributed by atoms with Crippen LogP contribution in [0, 0.1) is 0 Å². The molecule has 0 aliphatic heterocycles. The Balaban J connectivity index is 0.00000361. The molecule has 7 heteroatoms. The summed E-state index contributed by atoms with van der Waals surface area (Å²) in [5.74, 6) is -0.258. The molecular formula is C13H21ClN4O2.